The average Bonchev–Trinajstić information content (AvgIpc) is 3.20. The normalized spacial score (nSPS) is 13.2. The van der Waals surface area contributed by atoms with Crippen LogP contribution in [0.4, 0.5) is 5.82 Å². The molecule has 1 aromatic carbocycles. The van der Waals surface area contributed by atoms with E-state index in [1.54, 1.807) is 24.4 Å². The summed E-state index contributed by atoms with van der Waals surface area (Å²) in [6, 6.07) is 11.9. The van der Waals surface area contributed by atoms with Gasteiger partial charge in [-0.15, -0.1) is 0 Å². The van der Waals surface area contributed by atoms with Crippen molar-refractivity contribution in [1.29, 1.82) is 0 Å². The second-order valence-corrected chi connectivity index (χ2v) is 8.56. The number of fused-ring (bicyclic) bond motifs is 2. The third kappa shape index (κ3) is 3.66. The monoisotopic (exact) mass is 454 g/mol. The Bertz CT molecular complexity index is 1390. The van der Waals surface area contributed by atoms with Crippen LogP contribution in [0.3, 0.4) is 0 Å². The first-order valence-corrected chi connectivity index (χ1v) is 11.2. The van der Waals surface area contributed by atoms with E-state index in [0.717, 1.165) is 5.69 Å². The predicted octanol–water partition coefficient (Wildman–Crippen LogP) is 2.79. The van der Waals surface area contributed by atoms with Crippen molar-refractivity contribution >= 4 is 26.8 Å². The van der Waals surface area contributed by atoms with E-state index in [9.17, 15) is 8.42 Å². The minimum absolute atomic E-state index is 0.0388. The minimum Gasteiger partial charge on any atom is -0.486 e. The number of nitrogens with zero attached hydrogens (tertiary/aromatic N) is 3. The molecule has 0 radical (unpaired) electrons. The minimum atomic E-state index is -4.07. The molecule has 0 atom stereocenters. The maximum Gasteiger partial charge on any atom is 0.266 e. The van der Waals surface area contributed by atoms with Gasteiger partial charge < -0.3 is 18.7 Å². The van der Waals surface area contributed by atoms with Gasteiger partial charge in [0.1, 0.15) is 23.5 Å². The van der Waals surface area contributed by atoms with Gasteiger partial charge in [0.15, 0.2) is 22.9 Å². The van der Waals surface area contributed by atoms with Gasteiger partial charge in [0.05, 0.1) is 12.8 Å². The molecule has 0 spiro atoms. The standard InChI is InChI=1S/C21H18N4O6S/c1-28-21-18-16(12-14(23-21)11-13-5-2-3-8-22-13)31-24-20(18)25-32(26,27)17-7-4-6-15-19(17)30-10-9-29-15/h2-8,12H,9-11H2,1H3,(H,24,25). The summed E-state index contributed by atoms with van der Waals surface area (Å²) in [7, 11) is -2.63. The molecule has 3 aromatic heterocycles. The quantitative estimate of drug-likeness (QED) is 0.468. The third-order valence-corrected chi connectivity index (χ3v) is 6.17. The molecule has 0 saturated carbocycles. The molecular weight excluding hydrogens is 436 g/mol. The molecule has 1 N–H and O–H groups in total. The summed E-state index contributed by atoms with van der Waals surface area (Å²) in [6.07, 6.45) is 2.14. The van der Waals surface area contributed by atoms with Crippen LogP contribution in [0, 0.1) is 0 Å². The molecule has 4 heterocycles. The van der Waals surface area contributed by atoms with Gasteiger partial charge in [-0.05, 0) is 24.3 Å². The fourth-order valence-electron chi connectivity index (χ4n) is 3.41. The number of methoxy groups -OCH3 is 1. The van der Waals surface area contributed by atoms with Gasteiger partial charge in [-0.25, -0.2) is 13.4 Å². The maximum absolute atomic E-state index is 13.1. The number of pyridine rings is 2. The van der Waals surface area contributed by atoms with Crippen LogP contribution in [0.25, 0.3) is 11.0 Å². The van der Waals surface area contributed by atoms with Gasteiger partial charge in [0.25, 0.3) is 10.0 Å². The molecule has 10 nitrogen and oxygen atoms in total. The van der Waals surface area contributed by atoms with Gasteiger partial charge >= 0.3 is 0 Å². The number of nitrogens with one attached hydrogen (secondary N) is 1. The summed E-state index contributed by atoms with van der Waals surface area (Å²) in [5.41, 5.74) is 1.79. The number of hydrogen-bond acceptors (Lipinski definition) is 9. The van der Waals surface area contributed by atoms with Crippen LogP contribution >= 0.6 is 0 Å². The van der Waals surface area contributed by atoms with Crippen molar-refractivity contribution in [3.63, 3.8) is 0 Å². The lowest BCUT2D eigenvalue weighted by atomic mass is 10.2. The Kier molecular flexibility index (Phi) is 5.02. The highest BCUT2D eigenvalue weighted by molar-refractivity contribution is 7.92. The molecule has 0 fully saturated rings. The Hall–Kier alpha value is -3.86. The number of ether oxygens (including phenoxy) is 3. The Morgan fingerprint density at radius 3 is 2.78 bits per heavy atom. The molecule has 11 heteroatoms. The SMILES string of the molecule is COc1nc(Cc2ccccn2)cc2onc(NS(=O)(=O)c3cccc4c3OCCO4)c12. The van der Waals surface area contributed by atoms with Crippen molar-refractivity contribution in [2.45, 2.75) is 11.3 Å². The van der Waals surface area contributed by atoms with E-state index in [2.05, 4.69) is 19.8 Å². The first-order chi connectivity index (χ1) is 15.5. The van der Waals surface area contributed by atoms with E-state index in [4.69, 9.17) is 18.7 Å². The number of aromatic nitrogens is 3. The lowest BCUT2D eigenvalue weighted by molar-refractivity contribution is 0.167. The van der Waals surface area contributed by atoms with Gasteiger partial charge in [-0.3, -0.25) is 9.71 Å². The summed E-state index contributed by atoms with van der Waals surface area (Å²) >= 11 is 0. The van der Waals surface area contributed by atoms with Crippen LogP contribution in [0.2, 0.25) is 0 Å². The molecule has 1 aliphatic heterocycles. The molecule has 0 amide bonds. The summed E-state index contributed by atoms with van der Waals surface area (Å²) in [5.74, 6) is 0.662. The van der Waals surface area contributed by atoms with Gasteiger partial charge in [-0.1, -0.05) is 17.3 Å². The van der Waals surface area contributed by atoms with Crippen LogP contribution < -0.4 is 18.9 Å². The highest BCUT2D eigenvalue weighted by Crippen LogP contribution is 2.38. The lowest BCUT2D eigenvalue weighted by Crippen LogP contribution is -2.20. The van der Waals surface area contributed by atoms with Crippen molar-refractivity contribution in [2.24, 2.45) is 0 Å². The highest BCUT2D eigenvalue weighted by Gasteiger charge is 2.28. The first kappa shape index (κ1) is 20.1. The van der Waals surface area contributed by atoms with E-state index < -0.39 is 10.0 Å². The number of anilines is 1. The highest BCUT2D eigenvalue weighted by atomic mass is 32.2. The van der Waals surface area contributed by atoms with Crippen LogP contribution in [0.5, 0.6) is 17.4 Å². The van der Waals surface area contributed by atoms with Crippen molar-refractivity contribution in [1.82, 2.24) is 15.1 Å². The van der Waals surface area contributed by atoms with E-state index in [-0.39, 0.29) is 28.9 Å². The maximum atomic E-state index is 13.1. The topological polar surface area (TPSA) is 126 Å². The average molecular weight is 454 g/mol. The zero-order valence-corrected chi connectivity index (χ0v) is 17.8. The van der Waals surface area contributed by atoms with Crippen molar-refractivity contribution in [2.75, 3.05) is 25.0 Å². The Morgan fingerprint density at radius 2 is 1.97 bits per heavy atom. The van der Waals surface area contributed by atoms with Crippen LogP contribution in [-0.2, 0) is 16.4 Å². The molecule has 0 bridgehead atoms. The summed E-state index contributed by atoms with van der Waals surface area (Å²) in [4.78, 5) is 8.70. The fraction of sp³-hybridized carbons (Fsp3) is 0.190. The summed E-state index contributed by atoms with van der Waals surface area (Å²) in [6.45, 7) is 0.602. The molecular formula is C21H18N4O6S. The number of sulfonamides is 1. The largest absolute Gasteiger partial charge is 0.486 e. The molecule has 5 rings (SSSR count). The zero-order valence-electron chi connectivity index (χ0n) is 16.9. The number of rotatable bonds is 6. The second-order valence-electron chi connectivity index (χ2n) is 6.91. The van der Waals surface area contributed by atoms with Crippen LogP contribution in [0.15, 0.2) is 58.1 Å². The summed E-state index contributed by atoms with van der Waals surface area (Å²) < 4.78 is 50.5. The molecule has 1 aliphatic rings. The number of hydrogen-bond donors (Lipinski definition) is 1. The Balaban J connectivity index is 1.51. The molecule has 0 aliphatic carbocycles. The van der Waals surface area contributed by atoms with Gasteiger partial charge in [0, 0.05) is 24.4 Å². The fourth-order valence-corrected chi connectivity index (χ4v) is 4.58. The predicted molar refractivity (Wildman–Crippen MR) is 114 cm³/mol. The first-order valence-electron chi connectivity index (χ1n) is 9.70. The number of benzene rings is 1. The second kappa shape index (κ2) is 8.00. The number of para-hydroxylation sites is 1. The van der Waals surface area contributed by atoms with Crippen molar-refractivity contribution < 1.29 is 27.2 Å². The van der Waals surface area contributed by atoms with E-state index in [1.807, 2.05) is 18.2 Å². The van der Waals surface area contributed by atoms with Gasteiger partial charge in [-0.2, -0.15) is 0 Å². The van der Waals surface area contributed by atoms with E-state index in [0.29, 0.717) is 35.4 Å². The molecule has 0 saturated heterocycles. The third-order valence-electron chi connectivity index (χ3n) is 4.81. The van der Waals surface area contributed by atoms with Crippen LogP contribution in [-0.4, -0.2) is 43.9 Å². The molecule has 32 heavy (non-hydrogen) atoms. The zero-order chi connectivity index (χ0) is 22.1. The lowest BCUT2D eigenvalue weighted by Gasteiger charge is -2.20. The van der Waals surface area contributed by atoms with Crippen molar-refractivity contribution in [3.05, 3.63) is 60.0 Å². The Labute approximate surface area is 183 Å². The molecule has 164 valence electrons. The summed E-state index contributed by atoms with van der Waals surface area (Å²) in [5, 5.41) is 4.21. The Morgan fingerprint density at radius 1 is 1.09 bits per heavy atom. The molecule has 4 aromatic rings. The molecule has 0 unspecified atom stereocenters. The smallest absolute Gasteiger partial charge is 0.266 e. The van der Waals surface area contributed by atoms with E-state index >= 15 is 0 Å². The van der Waals surface area contributed by atoms with Crippen LogP contribution in [0.1, 0.15) is 11.4 Å². The van der Waals surface area contributed by atoms with E-state index in [1.165, 1.54) is 13.2 Å². The van der Waals surface area contributed by atoms with Gasteiger partial charge in [0.2, 0.25) is 5.88 Å². The van der Waals surface area contributed by atoms with Crippen molar-refractivity contribution in [3.8, 4) is 17.4 Å².